The van der Waals surface area contributed by atoms with Gasteiger partial charge in [-0.3, -0.25) is 9.36 Å². The molecule has 1 aromatic rings. The van der Waals surface area contributed by atoms with Gasteiger partial charge in [-0.1, -0.05) is 32.0 Å². The van der Waals surface area contributed by atoms with Crippen LogP contribution in [-0.2, 0) is 9.36 Å². The molecule has 0 aromatic heterocycles. The summed E-state index contributed by atoms with van der Waals surface area (Å²) in [5.41, 5.74) is 0.897. The monoisotopic (exact) mass is 268 g/mol. The van der Waals surface area contributed by atoms with Gasteiger partial charge in [0.1, 0.15) is 0 Å². The number of nitrogens with two attached hydrogens (primary N) is 1. The van der Waals surface area contributed by atoms with Crippen LogP contribution in [0.15, 0.2) is 24.3 Å². The van der Waals surface area contributed by atoms with E-state index in [1.54, 1.807) is 12.1 Å². The van der Waals surface area contributed by atoms with Crippen molar-refractivity contribution in [1.29, 1.82) is 0 Å². The van der Waals surface area contributed by atoms with E-state index in [9.17, 15) is 9.36 Å². The van der Waals surface area contributed by atoms with Crippen molar-refractivity contribution in [2.45, 2.75) is 33.6 Å². The third-order valence-corrected chi connectivity index (χ3v) is 4.51. The van der Waals surface area contributed by atoms with Crippen LogP contribution in [0.4, 0.5) is 0 Å². The summed E-state index contributed by atoms with van der Waals surface area (Å²) in [5.74, 6) is 5.84. The Morgan fingerprint density at radius 3 is 2.56 bits per heavy atom. The Morgan fingerprint density at radius 1 is 1.39 bits per heavy atom. The number of carbonyl (C=O) groups excluding carboxylic acids is 1. The van der Waals surface area contributed by atoms with Gasteiger partial charge >= 0.3 is 0 Å². The molecule has 0 bridgehead atoms. The molecule has 1 atom stereocenters. The summed E-state index contributed by atoms with van der Waals surface area (Å²) in [6, 6.07) is 7.29. The first-order valence-corrected chi connectivity index (χ1v) is 7.46. The molecule has 0 heterocycles. The minimum atomic E-state index is -2.41. The standard InChI is InChI=1S/C13H21N2O2P/c1-10(2)8-9-13(16)15(14)18(17)12-7-5-4-6-11(12)3/h4-7,10,18H,8-9,14H2,1-3H3. The number of rotatable bonds is 5. The Hall–Kier alpha value is -1.12. The van der Waals surface area contributed by atoms with Crippen LogP contribution in [0.2, 0.25) is 0 Å². The molecule has 1 aromatic carbocycles. The van der Waals surface area contributed by atoms with Gasteiger partial charge in [-0.15, -0.1) is 0 Å². The van der Waals surface area contributed by atoms with Gasteiger partial charge in [-0.05, 0) is 30.9 Å². The Morgan fingerprint density at radius 2 is 2.00 bits per heavy atom. The third kappa shape index (κ3) is 3.97. The normalized spacial score (nSPS) is 12.5. The highest BCUT2D eigenvalue weighted by Crippen LogP contribution is 2.25. The number of hydrogen-bond donors (Lipinski definition) is 1. The second kappa shape index (κ2) is 6.72. The molecular formula is C13H21N2O2P. The molecule has 0 aliphatic rings. The van der Waals surface area contributed by atoms with E-state index in [0.29, 0.717) is 17.6 Å². The first-order valence-electron chi connectivity index (χ1n) is 6.11. The molecule has 0 aliphatic heterocycles. The zero-order valence-electron chi connectivity index (χ0n) is 11.1. The van der Waals surface area contributed by atoms with Crippen LogP contribution >= 0.6 is 7.95 Å². The molecule has 0 saturated carbocycles. The number of aryl methyl sites for hydroxylation is 1. The Kier molecular flexibility index (Phi) is 5.57. The highest BCUT2D eigenvalue weighted by atomic mass is 31.1. The lowest BCUT2D eigenvalue weighted by molar-refractivity contribution is -0.126. The molecule has 5 heteroatoms. The quantitative estimate of drug-likeness (QED) is 0.385. The van der Waals surface area contributed by atoms with Crippen molar-refractivity contribution < 1.29 is 9.36 Å². The summed E-state index contributed by atoms with van der Waals surface area (Å²) < 4.78 is 13.1. The fourth-order valence-corrected chi connectivity index (χ4v) is 2.85. The fourth-order valence-electron chi connectivity index (χ4n) is 1.59. The predicted octanol–water partition coefficient (Wildman–Crippen LogP) is 2.23. The summed E-state index contributed by atoms with van der Waals surface area (Å²) in [6.45, 7) is 5.95. The molecule has 0 aliphatic carbocycles. The van der Waals surface area contributed by atoms with E-state index in [-0.39, 0.29) is 5.91 Å². The molecule has 0 radical (unpaired) electrons. The average Bonchev–Trinajstić information content (AvgIpc) is 2.34. The molecule has 1 rings (SSSR count). The van der Waals surface area contributed by atoms with Crippen molar-refractivity contribution in [2.24, 2.45) is 11.8 Å². The van der Waals surface area contributed by atoms with Crippen LogP contribution in [0.5, 0.6) is 0 Å². The number of carbonyl (C=O) groups is 1. The molecule has 100 valence electrons. The van der Waals surface area contributed by atoms with Crippen molar-refractivity contribution in [3.05, 3.63) is 29.8 Å². The van der Waals surface area contributed by atoms with Gasteiger partial charge in [0.05, 0.1) is 0 Å². The van der Waals surface area contributed by atoms with E-state index in [2.05, 4.69) is 0 Å². The summed E-state index contributed by atoms with van der Waals surface area (Å²) in [5, 5.41) is 0.655. The molecule has 0 fully saturated rings. The third-order valence-electron chi connectivity index (χ3n) is 2.80. The molecule has 1 unspecified atom stereocenters. The molecule has 0 saturated heterocycles. The molecule has 0 spiro atoms. The maximum Gasteiger partial charge on any atom is 0.242 e. The minimum Gasteiger partial charge on any atom is -0.297 e. The number of benzene rings is 1. The topological polar surface area (TPSA) is 63.4 Å². The highest BCUT2D eigenvalue weighted by Gasteiger charge is 2.18. The second-order valence-electron chi connectivity index (χ2n) is 4.82. The zero-order chi connectivity index (χ0) is 13.7. The Labute approximate surface area is 109 Å². The summed E-state index contributed by atoms with van der Waals surface area (Å²) in [6.07, 6.45) is 1.10. The minimum absolute atomic E-state index is 0.254. The highest BCUT2D eigenvalue weighted by molar-refractivity contribution is 7.51. The zero-order valence-corrected chi connectivity index (χ0v) is 12.1. The SMILES string of the molecule is Cc1ccccc1[PH](=O)N(N)C(=O)CCC(C)C. The van der Waals surface area contributed by atoms with Crippen molar-refractivity contribution >= 4 is 19.2 Å². The molecule has 2 N–H and O–H groups in total. The van der Waals surface area contributed by atoms with Crippen LogP contribution in [0.3, 0.4) is 0 Å². The van der Waals surface area contributed by atoms with Crippen molar-refractivity contribution in [3.8, 4) is 0 Å². The maximum absolute atomic E-state index is 12.2. The average molecular weight is 268 g/mol. The van der Waals surface area contributed by atoms with E-state index in [1.807, 2.05) is 32.9 Å². The summed E-state index contributed by atoms with van der Waals surface area (Å²) in [4.78, 5) is 11.8. The lowest BCUT2D eigenvalue weighted by Crippen LogP contribution is -2.33. The summed E-state index contributed by atoms with van der Waals surface area (Å²) in [7, 11) is -2.41. The summed E-state index contributed by atoms with van der Waals surface area (Å²) >= 11 is 0. The largest absolute Gasteiger partial charge is 0.297 e. The van der Waals surface area contributed by atoms with E-state index in [0.717, 1.165) is 16.8 Å². The van der Waals surface area contributed by atoms with Crippen LogP contribution in [-0.4, -0.2) is 10.7 Å². The van der Waals surface area contributed by atoms with Crippen molar-refractivity contribution in [1.82, 2.24) is 4.78 Å². The van der Waals surface area contributed by atoms with E-state index in [4.69, 9.17) is 5.84 Å². The van der Waals surface area contributed by atoms with Gasteiger partial charge in [0.15, 0.2) is 0 Å². The molecule has 1 amide bonds. The van der Waals surface area contributed by atoms with E-state index < -0.39 is 7.95 Å². The lowest BCUT2D eigenvalue weighted by Gasteiger charge is -2.18. The van der Waals surface area contributed by atoms with Gasteiger partial charge in [-0.2, -0.15) is 0 Å². The van der Waals surface area contributed by atoms with Gasteiger partial charge in [0.2, 0.25) is 13.9 Å². The smallest absolute Gasteiger partial charge is 0.242 e. The maximum atomic E-state index is 12.2. The molecule has 4 nitrogen and oxygen atoms in total. The first-order chi connectivity index (χ1) is 8.43. The van der Waals surface area contributed by atoms with Crippen LogP contribution in [0, 0.1) is 12.8 Å². The van der Waals surface area contributed by atoms with Gasteiger partial charge < -0.3 is 0 Å². The number of hydrazine groups is 1. The number of hydrogen-bond acceptors (Lipinski definition) is 3. The van der Waals surface area contributed by atoms with Gasteiger partial charge in [0, 0.05) is 11.7 Å². The Balaban J connectivity index is 2.72. The van der Waals surface area contributed by atoms with Crippen LogP contribution in [0.25, 0.3) is 0 Å². The molecule has 18 heavy (non-hydrogen) atoms. The van der Waals surface area contributed by atoms with Gasteiger partial charge in [0.25, 0.3) is 0 Å². The van der Waals surface area contributed by atoms with Crippen LogP contribution in [0.1, 0.15) is 32.3 Å². The van der Waals surface area contributed by atoms with Crippen molar-refractivity contribution in [3.63, 3.8) is 0 Å². The fraction of sp³-hybridized carbons (Fsp3) is 0.462. The number of nitrogens with zero attached hydrogens (tertiary/aromatic N) is 1. The Bertz CT molecular complexity index is 446. The predicted molar refractivity (Wildman–Crippen MR) is 74.9 cm³/mol. The lowest BCUT2D eigenvalue weighted by atomic mass is 10.1. The van der Waals surface area contributed by atoms with E-state index in [1.165, 1.54) is 0 Å². The number of amides is 1. The van der Waals surface area contributed by atoms with Crippen LogP contribution < -0.4 is 11.1 Å². The van der Waals surface area contributed by atoms with Crippen molar-refractivity contribution in [2.75, 3.05) is 0 Å². The molecular weight excluding hydrogens is 247 g/mol. The van der Waals surface area contributed by atoms with Gasteiger partial charge in [-0.25, -0.2) is 10.6 Å². The van der Waals surface area contributed by atoms with E-state index >= 15 is 0 Å². The first kappa shape index (κ1) is 14.9. The second-order valence-corrected chi connectivity index (χ2v) is 6.45.